The molecule has 7 heteroatoms. The molecule has 0 atom stereocenters. The number of hydrogen-bond donors (Lipinski definition) is 0. The lowest BCUT2D eigenvalue weighted by atomic mass is 10.1. The van der Waals surface area contributed by atoms with Crippen LogP contribution in [0.4, 0.5) is 0 Å². The van der Waals surface area contributed by atoms with E-state index in [0.29, 0.717) is 34.0 Å². The van der Waals surface area contributed by atoms with E-state index in [4.69, 9.17) is 20.8 Å². The molecule has 0 aliphatic rings. The van der Waals surface area contributed by atoms with Crippen molar-refractivity contribution in [3.05, 3.63) is 87.5 Å². The van der Waals surface area contributed by atoms with Gasteiger partial charge in [0, 0.05) is 17.2 Å². The van der Waals surface area contributed by atoms with E-state index in [0.717, 1.165) is 5.56 Å². The van der Waals surface area contributed by atoms with E-state index in [2.05, 4.69) is 10.3 Å². The number of aromatic nitrogens is 3. The molecule has 0 spiro atoms. The number of ether oxygens (including phenoxy) is 1. The summed E-state index contributed by atoms with van der Waals surface area (Å²) in [5, 5.41) is 9.67. The molecule has 0 unspecified atom stereocenters. The summed E-state index contributed by atoms with van der Waals surface area (Å²) in [4.78, 5) is 11.8. The molecule has 0 aliphatic heterocycles. The molecule has 0 radical (unpaired) electrons. The molecule has 0 saturated carbocycles. The van der Waals surface area contributed by atoms with E-state index in [1.807, 2.05) is 44.3 Å². The van der Waals surface area contributed by atoms with Crippen molar-refractivity contribution in [1.29, 1.82) is 0 Å². The molecule has 0 N–H and O–H groups in total. The number of halogens is 1. The van der Waals surface area contributed by atoms with E-state index in [9.17, 15) is 4.79 Å². The lowest BCUT2D eigenvalue weighted by molar-refractivity contribution is 0.104. The standard InChI is InChI=1S/C21H18ClN3O3/c1-21(2,28-16-7-8-17-18(26)9-10-27-19(17)11-16)20-13-25(24-23-20)12-14-3-5-15(22)6-4-14/h3-11,13H,12H2,1-2H3. The molecule has 0 saturated heterocycles. The molecule has 4 rings (SSSR count). The predicted molar refractivity (Wildman–Crippen MR) is 107 cm³/mol. The van der Waals surface area contributed by atoms with E-state index < -0.39 is 5.60 Å². The van der Waals surface area contributed by atoms with Gasteiger partial charge >= 0.3 is 0 Å². The molecule has 142 valence electrons. The number of benzene rings is 2. The Labute approximate surface area is 166 Å². The van der Waals surface area contributed by atoms with E-state index in [1.54, 1.807) is 22.9 Å². The molecule has 28 heavy (non-hydrogen) atoms. The summed E-state index contributed by atoms with van der Waals surface area (Å²) in [5.74, 6) is 0.583. The van der Waals surface area contributed by atoms with Crippen molar-refractivity contribution in [2.24, 2.45) is 0 Å². The summed E-state index contributed by atoms with van der Waals surface area (Å²) in [6.07, 6.45) is 3.23. The Morgan fingerprint density at radius 1 is 1.14 bits per heavy atom. The quantitative estimate of drug-likeness (QED) is 0.501. The van der Waals surface area contributed by atoms with E-state index in [1.165, 1.54) is 12.3 Å². The number of hydrogen-bond acceptors (Lipinski definition) is 5. The largest absolute Gasteiger partial charge is 0.481 e. The third-order valence-electron chi connectivity index (χ3n) is 4.42. The van der Waals surface area contributed by atoms with Gasteiger partial charge in [0.05, 0.1) is 24.4 Å². The maximum atomic E-state index is 11.8. The van der Waals surface area contributed by atoms with Crippen LogP contribution in [-0.2, 0) is 12.1 Å². The van der Waals surface area contributed by atoms with Crippen molar-refractivity contribution in [3.63, 3.8) is 0 Å². The molecule has 6 nitrogen and oxygen atoms in total. The summed E-state index contributed by atoms with van der Waals surface area (Å²) >= 11 is 5.93. The van der Waals surface area contributed by atoms with Crippen LogP contribution in [0.2, 0.25) is 5.02 Å². The van der Waals surface area contributed by atoms with Crippen LogP contribution in [0.25, 0.3) is 11.0 Å². The van der Waals surface area contributed by atoms with Gasteiger partial charge in [0.15, 0.2) is 5.43 Å². The fraction of sp³-hybridized carbons (Fsp3) is 0.190. The van der Waals surface area contributed by atoms with E-state index >= 15 is 0 Å². The summed E-state index contributed by atoms with van der Waals surface area (Å²) < 4.78 is 13.3. The summed E-state index contributed by atoms with van der Waals surface area (Å²) in [5.41, 5.74) is 1.44. The van der Waals surface area contributed by atoms with Crippen molar-refractivity contribution < 1.29 is 9.15 Å². The first-order valence-electron chi connectivity index (χ1n) is 8.76. The van der Waals surface area contributed by atoms with Gasteiger partial charge in [0.2, 0.25) is 0 Å². The highest BCUT2D eigenvalue weighted by molar-refractivity contribution is 6.30. The van der Waals surface area contributed by atoms with Gasteiger partial charge in [-0.1, -0.05) is 28.9 Å². The Hall–Kier alpha value is -3.12. The van der Waals surface area contributed by atoms with Gasteiger partial charge in [-0.2, -0.15) is 0 Å². The minimum Gasteiger partial charge on any atom is -0.481 e. The number of nitrogens with zero attached hydrogens (tertiary/aromatic N) is 3. The Morgan fingerprint density at radius 2 is 1.93 bits per heavy atom. The maximum Gasteiger partial charge on any atom is 0.192 e. The van der Waals surface area contributed by atoms with Crippen LogP contribution in [0.3, 0.4) is 0 Å². The minimum absolute atomic E-state index is 0.0859. The third-order valence-corrected chi connectivity index (χ3v) is 4.67. The summed E-state index contributed by atoms with van der Waals surface area (Å²) in [7, 11) is 0. The molecule has 4 aromatic rings. The monoisotopic (exact) mass is 395 g/mol. The van der Waals surface area contributed by atoms with Crippen LogP contribution >= 0.6 is 11.6 Å². The maximum absolute atomic E-state index is 11.8. The van der Waals surface area contributed by atoms with Gasteiger partial charge in [0.1, 0.15) is 22.6 Å². The van der Waals surface area contributed by atoms with Gasteiger partial charge < -0.3 is 9.15 Å². The molecular formula is C21H18ClN3O3. The fourth-order valence-corrected chi connectivity index (χ4v) is 3.03. The average Bonchev–Trinajstić information content (AvgIpc) is 3.13. The lowest BCUT2D eigenvalue weighted by Crippen LogP contribution is -2.25. The zero-order valence-corrected chi connectivity index (χ0v) is 16.2. The molecule has 2 aromatic heterocycles. The molecule has 0 amide bonds. The van der Waals surface area contributed by atoms with Gasteiger partial charge in [-0.25, -0.2) is 4.68 Å². The topological polar surface area (TPSA) is 70.2 Å². The minimum atomic E-state index is -0.721. The van der Waals surface area contributed by atoms with Gasteiger partial charge in [0.25, 0.3) is 0 Å². The highest BCUT2D eigenvalue weighted by atomic mass is 35.5. The van der Waals surface area contributed by atoms with Gasteiger partial charge in [-0.05, 0) is 43.7 Å². The lowest BCUT2D eigenvalue weighted by Gasteiger charge is -2.24. The van der Waals surface area contributed by atoms with Crippen molar-refractivity contribution in [3.8, 4) is 5.75 Å². The first-order valence-corrected chi connectivity index (χ1v) is 9.14. The highest BCUT2D eigenvalue weighted by Crippen LogP contribution is 2.28. The van der Waals surface area contributed by atoms with Crippen LogP contribution < -0.4 is 10.2 Å². The zero-order valence-electron chi connectivity index (χ0n) is 15.4. The second kappa shape index (κ2) is 7.13. The third kappa shape index (κ3) is 3.77. The van der Waals surface area contributed by atoms with E-state index in [-0.39, 0.29) is 5.43 Å². The predicted octanol–water partition coefficient (Wildman–Crippen LogP) is 4.40. The molecular weight excluding hydrogens is 378 g/mol. The van der Waals surface area contributed by atoms with Crippen LogP contribution in [0, 0.1) is 0 Å². The fourth-order valence-electron chi connectivity index (χ4n) is 2.90. The normalized spacial score (nSPS) is 11.7. The van der Waals surface area contributed by atoms with Crippen LogP contribution in [0.1, 0.15) is 25.1 Å². The Balaban J connectivity index is 1.54. The van der Waals surface area contributed by atoms with Crippen LogP contribution in [0.5, 0.6) is 5.75 Å². The second-order valence-electron chi connectivity index (χ2n) is 6.98. The van der Waals surface area contributed by atoms with Crippen LogP contribution in [0.15, 0.2) is 70.2 Å². The van der Waals surface area contributed by atoms with Gasteiger partial charge in [-0.3, -0.25) is 4.79 Å². The Kier molecular flexibility index (Phi) is 4.65. The van der Waals surface area contributed by atoms with Crippen molar-refractivity contribution >= 4 is 22.6 Å². The molecule has 0 aliphatic carbocycles. The number of fused-ring (bicyclic) bond motifs is 1. The van der Waals surface area contributed by atoms with Crippen molar-refractivity contribution in [2.75, 3.05) is 0 Å². The highest BCUT2D eigenvalue weighted by Gasteiger charge is 2.27. The molecule has 2 aromatic carbocycles. The van der Waals surface area contributed by atoms with Crippen molar-refractivity contribution in [1.82, 2.24) is 15.0 Å². The van der Waals surface area contributed by atoms with Crippen LogP contribution in [-0.4, -0.2) is 15.0 Å². The summed E-state index contributed by atoms with van der Waals surface area (Å²) in [6, 6.07) is 14.1. The molecule has 0 bridgehead atoms. The Bertz CT molecular complexity index is 1180. The Morgan fingerprint density at radius 3 is 2.71 bits per heavy atom. The van der Waals surface area contributed by atoms with Crippen molar-refractivity contribution in [2.45, 2.75) is 26.0 Å². The molecule has 0 fully saturated rings. The number of rotatable bonds is 5. The SMILES string of the molecule is CC(C)(Oc1ccc2c(=O)ccoc2c1)c1cn(Cc2ccc(Cl)cc2)nn1. The van der Waals surface area contributed by atoms with Gasteiger partial charge in [-0.15, -0.1) is 5.10 Å². The zero-order chi connectivity index (χ0) is 19.7. The smallest absolute Gasteiger partial charge is 0.192 e. The molecule has 2 heterocycles. The first kappa shape index (κ1) is 18.3. The summed E-state index contributed by atoms with van der Waals surface area (Å²) in [6.45, 7) is 4.41. The average molecular weight is 396 g/mol. The first-order chi connectivity index (χ1) is 13.4. The second-order valence-corrected chi connectivity index (χ2v) is 7.42.